The molecule has 0 saturated heterocycles. The third kappa shape index (κ3) is 5.15. The molecule has 0 amide bonds. The van der Waals surface area contributed by atoms with Gasteiger partial charge in [0, 0.05) is 0 Å². The maximum atomic E-state index is 11.7. The molecule has 0 aliphatic carbocycles. The monoisotopic (exact) mass is 440 g/mol. The van der Waals surface area contributed by atoms with Crippen LogP contribution in [0.4, 0.5) is 0 Å². The Kier molecular flexibility index (Phi) is 7.49. The first kappa shape index (κ1) is 23.4. The van der Waals surface area contributed by atoms with E-state index in [9.17, 15) is 9.90 Å². The van der Waals surface area contributed by atoms with Crippen molar-refractivity contribution < 1.29 is 23.8 Å². The van der Waals surface area contributed by atoms with Gasteiger partial charge >= 0.3 is 5.97 Å². The Balaban J connectivity index is 1.93. The lowest BCUT2D eigenvalue weighted by Crippen LogP contribution is -2.67. The number of hydrogen-bond donors (Lipinski definition) is 1. The van der Waals surface area contributed by atoms with Gasteiger partial charge < -0.3 is 19.0 Å². The highest BCUT2D eigenvalue weighted by Gasteiger charge is 2.50. The Morgan fingerprint density at radius 2 is 1.55 bits per heavy atom. The number of carbonyl (C=O) groups excluding carboxylic acids is 1. The van der Waals surface area contributed by atoms with Gasteiger partial charge in [-0.05, 0) is 15.4 Å². The lowest BCUT2D eigenvalue weighted by molar-refractivity contribution is -0.146. The van der Waals surface area contributed by atoms with Crippen LogP contribution >= 0.6 is 0 Å². The van der Waals surface area contributed by atoms with Crippen molar-refractivity contribution in [2.75, 3.05) is 13.7 Å². The Hall–Kier alpha value is -2.25. The number of benzene rings is 2. The van der Waals surface area contributed by atoms with E-state index in [1.54, 1.807) is 12.2 Å². The van der Waals surface area contributed by atoms with Crippen molar-refractivity contribution in [1.29, 1.82) is 0 Å². The minimum Gasteiger partial charge on any atom is -0.469 e. The largest absolute Gasteiger partial charge is 0.469 e. The summed E-state index contributed by atoms with van der Waals surface area (Å²) in [4.78, 5) is 11.7. The van der Waals surface area contributed by atoms with Crippen molar-refractivity contribution in [1.82, 2.24) is 0 Å². The standard InChI is InChI=1S/C25H32O5Si/c1-25(2,3)31(20-11-7-5-8-12-20,21-13-9-6-10-14-21)29-18-23-22(26)16-15-19(30-23)17-24(27)28-4/h5-16,19,22-23,26H,17-18H2,1-4H3/t19-,22-,23-/m0/s1. The molecule has 1 heterocycles. The van der Waals surface area contributed by atoms with Crippen LogP contribution in [0.1, 0.15) is 27.2 Å². The van der Waals surface area contributed by atoms with Crippen LogP contribution in [0, 0.1) is 0 Å². The minimum atomic E-state index is -2.73. The van der Waals surface area contributed by atoms with Crippen LogP contribution < -0.4 is 10.4 Å². The first-order chi connectivity index (χ1) is 14.8. The van der Waals surface area contributed by atoms with Crippen LogP contribution in [0.15, 0.2) is 72.8 Å². The number of methoxy groups -OCH3 is 1. The molecule has 1 aliphatic rings. The van der Waals surface area contributed by atoms with Crippen LogP contribution in [0.3, 0.4) is 0 Å². The minimum absolute atomic E-state index is 0.107. The molecule has 0 radical (unpaired) electrons. The maximum absolute atomic E-state index is 11.7. The quantitative estimate of drug-likeness (QED) is 0.407. The number of rotatable bonds is 7. The van der Waals surface area contributed by atoms with Gasteiger partial charge in [0.15, 0.2) is 0 Å². The summed E-state index contributed by atoms with van der Waals surface area (Å²) < 4.78 is 17.6. The number of aliphatic hydroxyl groups excluding tert-OH is 1. The van der Waals surface area contributed by atoms with Crippen LogP contribution in [0.2, 0.25) is 5.04 Å². The van der Waals surface area contributed by atoms with Crippen molar-refractivity contribution in [2.24, 2.45) is 0 Å². The number of hydrogen-bond acceptors (Lipinski definition) is 5. The molecular formula is C25H32O5Si. The molecule has 1 N–H and O–H groups in total. The number of esters is 1. The average molecular weight is 441 g/mol. The number of ether oxygens (including phenoxy) is 2. The molecule has 2 aromatic carbocycles. The molecule has 0 saturated carbocycles. The molecular weight excluding hydrogens is 408 g/mol. The summed E-state index contributed by atoms with van der Waals surface area (Å²) in [6, 6.07) is 20.7. The molecule has 6 heteroatoms. The molecule has 31 heavy (non-hydrogen) atoms. The molecule has 0 aromatic heterocycles. The zero-order valence-electron chi connectivity index (χ0n) is 18.7. The fourth-order valence-electron chi connectivity index (χ4n) is 4.18. The van der Waals surface area contributed by atoms with Gasteiger partial charge in [0.25, 0.3) is 8.32 Å². The molecule has 2 aromatic rings. The molecule has 5 nitrogen and oxygen atoms in total. The molecule has 3 rings (SSSR count). The smallest absolute Gasteiger partial charge is 0.308 e. The third-order valence-corrected chi connectivity index (χ3v) is 10.7. The molecule has 166 valence electrons. The van der Waals surface area contributed by atoms with Crippen LogP contribution in [0.5, 0.6) is 0 Å². The first-order valence-corrected chi connectivity index (χ1v) is 12.5. The fraction of sp³-hybridized carbons (Fsp3) is 0.400. The predicted octanol–water partition coefficient (Wildman–Crippen LogP) is 2.81. The normalized spacial score (nSPS) is 21.6. The second-order valence-corrected chi connectivity index (χ2v) is 13.1. The van der Waals surface area contributed by atoms with E-state index in [0.29, 0.717) is 0 Å². The zero-order valence-corrected chi connectivity index (χ0v) is 19.7. The predicted molar refractivity (Wildman–Crippen MR) is 124 cm³/mol. The van der Waals surface area contributed by atoms with Gasteiger partial charge in [0.1, 0.15) is 12.2 Å². The molecule has 0 fully saturated rings. The van der Waals surface area contributed by atoms with Gasteiger partial charge in [-0.15, -0.1) is 0 Å². The van der Waals surface area contributed by atoms with Crippen LogP contribution in [-0.2, 0) is 18.7 Å². The average Bonchev–Trinajstić information content (AvgIpc) is 2.76. The van der Waals surface area contributed by atoms with Crippen molar-refractivity contribution >= 4 is 24.7 Å². The highest BCUT2D eigenvalue weighted by atomic mass is 28.4. The zero-order chi connectivity index (χ0) is 22.5. The molecule has 3 atom stereocenters. The SMILES string of the molecule is COC(=O)C[C@@H]1C=C[C@H](O)[C@H](CO[Si](c2ccccc2)(c2ccccc2)C(C)(C)C)O1. The molecule has 0 unspecified atom stereocenters. The van der Waals surface area contributed by atoms with E-state index in [1.165, 1.54) is 17.5 Å². The summed E-state index contributed by atoms with van der Waals surface area (Å²) in [5, 5.41) is 12.7. The number of aliphatic hydroxyl groups is 1. The van der Waals surface area contributed by atoms with Crippen LogP contribution in [0.25, 0.3) is 0 Å². The van der Waals surface area contributed by atoms with Gasteiger partial charge in [-0.25, -0.2) is 0 Å². The Morgan fingerprint density at radius 3 is 2.03 bits per heavy atom. The molecule has 0 bridgehead atoms. The van der Waals surface area contributed by atoms with Gasteiger partial charge in [-0.3, -0.25) is 4.79 Å². The topological polar surface area (TPSA) is 65.0 Å². The second-order valence-electron chi connectivity index (χ2n) is 8.84. The van der Waals surface area contributed by atoms with Crippen molar-refractivity contribution in [3.8, 4) is 0 Å². The Morgan fingerprint density at radius 1 is 1.00 bits per heavy atom. The van der Waals surface area contributed by atoms with Gasteiger partial charge in [-0.1, -0.05) is 93.6 Å². The van der Waals surface area contributed by atoms with Gasteiger partial charge in [0.05, 0.1) is 26.2 Å². The van der Waals surface area contributed by atoms with Crippen molar-refractivity contribution in [3.63, 3.8) is 0 Å². The highest BCUT2D eigenvalue weighted by Crippen LogP contribution is 2.37. The lowest BCUT2D eigenvalue weighted by Gasteiger charge is -2.44. The Labute approximate surface area is 185 Å². The van der Waals surface area contributed by atoms with E-state index in [1.807, 2.05) is 36.4 Å². The second kappa shape index (κ2) is 9.91. The maximum Gasteiger partial charge on any atom is 0.308 e. The lowest BCUT2D eigenvalue weighted by atomic mass is 10.1. The third-order valence-electron chi connectivity index (χ3n) is 5.73. The van der Waals surface area contributed by atoms with E-state index in [-0.39, 0.29) is 24.0 Å². The summed E-state index contributed by atoms with van der Waals surface area (Å²) in [6.45, 7) is 6.84. The molecule has 0 spiro atoms. The van der Waals surface area contributed by atoms with E-state index in [4.69, 9.17) is 13.9 Å². The Bertz CT molecular complexity index is 836. The van der Waals surface area contributed by atoms with Gasteiger partial charge in [-0.2, -0.15) is 0 Å². The first-order valence-electron chi connectivity index (χ1n) is 10.6. The summed E-state index contributed by atoms with van der Waals surface area (Å²) >= 11 is 0. The van der Waals surface area contributed by atoms with E-state index < -0.39 is 26.6 Å². The van der Waals surface area contributed by atoms with E-state index in [0.717, 1.165) is 0 Å². The van der Waals surface area contributed by atoms with E-state index >= 15 is 0 Å². The van der Waals surface area contributed by atoms with Crippen molar-refractivity contribution in [3.05, 3.63) is 72.8 Å². The summed E-state index contributed by atoms with van der Waals surface area (Å²) in [6.07, 6.45) is 1.68. The van der Waals surface area contributed by atoms with Crippen LogP contribution in [-0.4, -0.2) is 51.4 Å². The summed E-state index contributed by atoms with van der Waals surface area (Å²) in [7, 11) is -1.38. The van der Waals surface area contributed by atoms with E-state index in [2.05, 4.69) is 45.0 Å². The number of carbonyl (C=O) groups is 1. The molecule has 1 aliphatic heterocycles. The van der Waals surface area contributed by atoms with Crippen molar-refractivity contribution in [2.45, 2.75) is 50.5 Å². The summed E-state index contributed by atoms with van der Waals surface area (Å²) in [5.74, 6) is -0.349. The fourth-order valence-corrected chi connectivity index (χ4v) is 8.75. The highest BCUT2D eigenvalue weighted by molar-refractivity contribution is 6.99. The summed E-state index contributed by atoms with van der Waals surface area (Å²) in [5.41, 5.74) is 0. The van der Waals surface area contributed by atoms with Gasteiger partial charge in [0.2, 0.25) is 0 Å².